The van der Waals surface area contributed by atoms with Crippen LogP contribution in [0.15, 0.2) is 23.1 Å². The molecule has 8 nitrogen and oxygen atoms in total. The van der Waals surface area contributed by atoms with E-state index in [1.165, 1.54) is 0 Å². The zero-order valence-corrected chi connectivity index (χ0v) is 13.8. The van der Waals surface area contributed by atoms with Gasteiger partial charge in [0.05, 0.1) is 0 Å². The highest BCUT2D eigenvalue weighted by Gasteiger charge is 2.23. The van der Waals surface area contributed by atoms with Crippen LogP contribution < -0.4 is 0 Å². The maximum absolute atomic E-state index is 5.57. The van der Waals surface area contributed by atoms with Crippen LogP contribution >= 0.6 is 0 Å². The molecular formula is C16H20N6O2. The maximum atomic E-state index is 5.57. The van der Waals surface area contributed by atoms with Crippen LogP contribution in [0.1, 0.15) is 36.5 Å². The van der Waals surface area contributed by atoms with E-state index < -0.39 is 0 Å². The Kier molecular flexibility index (Phi) is 3.89. The van der Waals surface area contributed by atoms with Crippen LogP contribution in [0.3, 0.4) is 0 Å². The summed E-state index contributed by atoms with van der Waals surface area (Å²) < 4.78 is 14.9. The molecule has 1 fully saturated rings. The summed E-state index contributed by atoms with van der Waals surface area (Å²) in [6.45, 7) is 3.46. The number of aryl methyl sites for hydroxylation is 4. The molecule has 3 aromatic rings. The van der Waals surface area contributed by atoms with Crippen molar-refractivity contribution >= 4 is 0 Å². The predicted molar refractivity (Wildman–Crippen MR) is 85.1 cm³/mol. The topological polar surface area (TPSA) is 83.8 Å². The van der Waals surface area contributed by atoms with Crippen molar-refractivity contribution in [2.24, 2.45) is 7.05 Å². The lowest BCUT2D eigenvalue weighted by atomic mass is 10.2. The molecule has 0 spiro atoms. The molecular weight excluding hydrogens is 308 g/mol. The Labute approximate surface area is 139 Å². The number of aromatic nitrogens is 6. The Balaban J connectivity index is 1.46. The second-order valence-corrected chi connectivity index (χ2v) is 6.03. The van der Waals surface area contributed by atoms with Crippen molar-refractivity contribution in [2.75, 3.05) is 6.61 Å². The number of rotatable bonds is 5. The lowest BCUT2D eigenvalue weighted by molar-refractivity contribution is 0.0835. The molecule has 8 heteroatoms. The molecule has 0 amide bonds. The molecule has 0 aliphatic carbocycles. The van der Waals surface area contributed by atoms with Gasteiger partial charge in [-0.15, -0.1) is 0 Å². The average molecular weight is 328 g/mol. The van der Waals surface area contributed by atoms with Crippen molar-refractivity contribution in [3.8, 4) is 11.5 Å². The highest BCUT2D eigenvalue weighted by Crippen LogP contribution is 2.27. The van der Waals surface area contributed by atoms with Gasteiger partial charge in [0.25, 0.3) is 5.89 Å². The summed E-state index contributed by atoms with van der Waals surface area (Å²) in [4.78, 5) is 13.4. The van der Waals surface area contributed by atoms with Gasteiger partial charge >= 0.3 is 0 Å². The van der Waals surface area contributed by atoms with Crippen LogP contribution in [0.25, 0.3) is 11.5 Å². The van der Waals surface area contributed by atoms with Gasteiger partial charge in [0.1, 0.15) is 17.6 Å². The van der Waals surface area contributed by atoms with Crippen LogP contribution in [0.4, 0.5) is 0 Å². The zero-order valence-electron chi connectivity index (χ0n) is 13.8. The third-order valence-corrected chi connectivity index (χ3v) is 4.32. The number of hydrogen-bond donors (Lipinski definition) is 0. The van der Waals surface area contributed by atoms with Crippen molar-refractivity contribution in [3.05, 3.63) is 36.1 Å². The van der Waals surface area contributed by atoms with E-state index in [9.17, 15) is 0 Å². The molecule has 24 heavy (non-hydrogen) atoms. The third kappa shape index (κ3) is 2.84. The standard InChI is InChI=1S/C16H20N6O2/c1-11-18-12(10-21(11)2)15-17-6-8-22(15)7-5-14-19-16(24-20-14)13-4-3-9-23-13/h6,8,10,13H,3-5,7,9H2,1-2H3. The van der Waals surface area contributed by atoms with Crippen molar-refractivity contribution < 1.29 is 9.26 Å². The first-order valence-electron chi connectivity index (χ1n) is 8.16. The quantitative estimate of drug-likeness (QED) is 0.713. The molecule has 1 saturated heterocycles. The van der Waals surface area contributed by atoms with Crippen LogP contribution in [0, 0.1) is 6.92 Å². The lowest BCUT2D eigenvalue weighted by Gasteiger charge is -2.04. The second-order valence-electron chi connectivity index (χ2n) is 6.03. The average Bonchev–Trinajstić information content (AvgIpc) is 3.34. The Morgan fingerprint density at radius 2 is 2.25 bits per heavy atom. The van der Waals surface area contributed by atoms with Crippen molar-refractivity contribution in [3.63, 3.8) is 0 Å². The minimum atomic E-state index is -0.0356. The summed E-state index contributed by atoms with van der Waals surface area (Å²) in [5, 5.41) is 4.06. The second kappa shape index (κ2) is 6.20. The molecule has 4 rings (SSSR count). The minimum Gasteiger partial charge on any atom is -0.368 e. The van der Waals surface area contributed by atoms with Gasteiger partial charge in [-0.05, 0) is 19.8 Å². The Bertz CT molecular complexity index is 808. The van der Waals surface area contributed by atoms with Gasteiger partial charge in [0, 0.05) is 45.2 Å². The summed E-state index contributed by atoms with van der Waals surface area (Å²) in [5.41, 5.74) is 0.869. The Morgan fingerprint density at radius 1 is 1.33 bits per heavy atom. The van der Waals surface area contributed by atoms with E-state index in [1.54, 1.807) is 6.20 Å². The third-order valence-electron chi connectivity index (χ3n) is 4.32. The van der Waals surface area contributed by atoms with Crippen molar-refractivity contribution in [2.45, 2.75) is 38.8 Å². The molecule has 4 heterocycles. The molecule has 126 valence electrons. The fourth-order valence-corrected chi connectivity index (χ4v) is 2.88. The van der Waals surface area contributed by atoms with Gasteiger partial charge in [0.15, 0.2) is 11.6 Å². The fraction of sp³-hybridized carbons (Fsp3) is 0.500. The highest BCUT2D eigenvalue weighted by molar-refractivity contribution is 5.49. The van der Waals surface area contributed by atoms with Crippen LogP contribution in [-0.4, -0.2) is 35.8 Å². The molecule has 1 unspecified atom stereocenters. The monoisotopic (exact) mass is 328 g/mol. The van der Waals surface area contributed by atoms with E-state index >= 15 is 0 Å². The lowest BCUT2D eigenvalue weighted by Crippen LogP contribution is -2.04. The molecule has 1 atom stereocenters. The van der Waals surface area contributed by atoms with E-state index in [1.807, 2.05) is 30.9 Å². The predicted octanol–water partition coefficient (Wildman–Crippen LogP) is 2.07. The SMILES string of the molecule is Cc1nc(-c2nccn2CCc2noc(C3CCCO3)n2)cn1C. The van der Waals surface area contributed by atoms with Gasteiger partial charge < -0.3 is 18.4 Å². The largest absolute Gasteiger partial charge is 0.368 e. The van der Waals surface area contributed by atoms with E-state index in [0.29, 0.717) is 18.1 Å². The Morgan fingerprint density at radius 3 is 3.00 bits per heavy atom. The van der Waals surface area contributed by atoms with E-state index in [4.69, 9.17) is 9.26 Å². The van der Waals surface area contributed by atoms with E-state index in [-0.39, 0.29) is 6.10 Å². The van der Waals surface area contributed by atoms with Gasteiger partial charge in [-0.25, -0.2) is 9.97 Å². The molecule has 0 radical (unpaired) electrons. The van der Waals surface area contributed by atoms with Gasteiger partial charge in [0.2, 0.25) is 0 Å². The zero-order chi connectivity index (χ0) is 16.5. The number of imidazole rings is 2. The normalized spacial score (nSPS) is 17.7. The van der Waals surface area contributed by atoms with Crippen LogP contribution in [0.5, 0.6) is 0 Å². The molecule has 0 bridgehead atoms. The fourth-order valence-electron chi connectivity index (χ4n) is 2.88. The number of hydrogen-bond acceptors (Lipinski definition) is 6. The first-order valence-corrected chi connectivity index (χ1v) is 8.16. The molecule has 3 aromatic heterocycles. The number of nitrogens with zero attached hydrogens (tertiary/aromatic N) is 6. The summed E-state index contributed by atoms with van der Waals surface area (Å²) in [6, 6.07) is 0. The highest BCUT2D eigenvalue weighted by atomic mass is 16.5. The van der Waals surface area contributed by atoms with Gasteiger partial charge in [-0.3, -0.25) is 0 Å². The summed E-state index contributed by atoms with van der Waals surface area (Å²) in [5.74, 6) is 3.09. The molecule has 0 N–H and O–H groups in total. The van der Waals surface area contributed by atoms with Crippen molar-refractivity contribution in [1.29, 1.82) is 0 Å². The molecule has 1 aliphatic rings. The first-order chi connectivity index (χ1) is 11.7. The van der Waals surface area contributed by atoms with Crippen LogP contribution in [-0.2, 0) is 24.8 Å². The van der Waals surface area contributed by atoms with Gasteiger partial charge in [-0.2, -0.15) is 4.98 Å². The summed E-state index contributed by atoms with van der Waals surface area (Å²) >= 11 is 0. The van der Waals surface area contributed by atoms with Gasteiger partial charge in [-0.1, -0.05) is 5.16 Å². The molecule has 0 aromatic carbocycles. The summed E-state index contributed by atoms with van der Waals surface area (Å²) in [7, 11) is 1.98. The first kappa shape index (κ1) is 15.1. The Hall–Kier alpha value is -2.48. The minimum absolute atomic E-state index is 0.0356. The summed E-state index contributed by atoms with van der Waals surface area (Å²) in [6.07, 6.45) is 8.35. The smallest absolute Gasteiger partial charge is 0.255 e. The number of ether oxygens (including phenoxy) is 1. The molecule has 0 saturated carbocycles. The van der Waals surface area contributed by atoms with E-state index in [0.717, 1.165) is 43.3 Å². The van der Waals surface area contributed by atoms with E-state index in [2.05, 4.69) is 24.7 Å². The van der Waals surface area contributed by atoms with Crippen molar-refractivity contribution in [1.82, 2.24) is 29.2 Å². The maximum Gasteiger partial charge on any atom is 0.255 e. The van der Waals surface area contributed by atoms with Crippen LogP contribution in [0.2, 0.25) is 0 Å². The molecule has 1 aliphatic heterocycles.